The SMILES string of the molecule is Cc1ccc(C(=O)CN2CCCS(=O)(=O)CC2)s1. The minimum Gasteiger partial charge on any atom is -0.295 e. The van der Waals surface area contributed by atoms with E-state index in [0.717, 1.165) is 9.75 Å². The average Bonchev–Trinajstić information content (AvgIpc) is 2.65. The van der Waals surface area contributed by atoms with Gasteiger partial charge in [-0.15, -0.1) is 11.3 Å². The van der Waals surface area contributed by atoms with Gasteiger partial charge < -0.3 is 0 Å². The van der Waals surface area contributed by atoms with E-state index in [-0.39, 0.29) is 17.3 Å². The number of aryl methyl sites for hydroxylation is 1. The van der Waals surface area contributed by atoms with Gasteiger partial charge >= 0.3 is 0 Å². The third-order valence-electron chi connectivity index (χ3n) is 3.03. The topological polar surface area (TPSA) is 54.5 Å². The molecule has 6 heteroatoms. The molecular formula is C12H17NO3S2. The Kier molecular flexibility index (Phi) is 4.19. The zero-order chi connectivity index (χ0) is 13.2. The van der Waals surface area contributed by atoms with Gasteiger partial charge in [0.05, 0.1) is 22.9 Å². The molecule has 100 valence electrons. The molecule has 0 saturated carbocycles. The number of hydrogen-bond acceptors (Lipinski definition) is 5. The lowest BCUT2D eigenvalue weighted by Gasteiger charge is -2.17. The van der Waals surface area contributed by atoms with Crippen LogP contribution in [0.3, 0.4) is 0 Å². The molecule has 0 spiro atoms. The summed E-state index contributed by atoms with van der Waals surface area (Å²) < 4.78 is 22.9. The lowest BCUT2D eigenvalue weighted by molar-refractivity contribution is 0.0939. The fourth-order valence-corrected chi connectivity index (χ4v) is 4.12. The van der Waals surface area contributed by atoms with Gasteiger partial charge in [0, 0.05) is 11.4 Å². The fourth-order valence-electron chi connectivity index (χ4n) is 2.01. The molecule has 0 aliphatic carbocycles. The van der Waals surface area contributed by atoms with Crippen molar-refractivity contribution in [2.45, 2.75) is 13.3 Å². The van der Waals surface area contributed by atoms with Crippen molar-refractivity contribution < 1.29 is 13.2 Å². The summed E-state index contributed by atoms with van der Waals surface area (Å²) in [6.45, 7) is 3.46. The maximum Gasteiger partial charge on any atom is 0.186 e. The first-order valence-corrected chi connectivity index (χ1v) is 8.62. The monoisotopic (exact) mass is 287 g/mol. The highest BCUT2D eigenvalue weighted by molar-refractivity contribution is 7.91. The second-order valence-corrected chi connectivity index (χ2v) is 8.21. The van der Waals surface area contributed by atoms with Crippen molar-refractivity contribution in [3.63, 3.8) is 0 Å². The maximum absolute atomic E-state index is 12.0. The van der Waals surface area contributed by atoms with Crippen LogP contribution in [0.4, 0.5) is 0 Å². The van der Waals surface area contributed by atoms with Gasteiger partial charge in [-0.2, -0.15) is 0 Å². The number of carbonyl (C=O) groups excluding carboxylic acids is 1. The quantitative estimate of drug-likeness (QED) is 0.788. The molecular weight excluding hydrogens is 270 g/mol. The van der Waals surface area contributed by atoms with Crippen molar-refractivity contribution >= 4 is 27.0 Å². The molecule has 1 fully saturated rings. The van der Waals surface area contributed by atoms with E-state index in [4.69, 9.17) is 0 Å². The van der Waals surface area contributed by atoms with Gasteiger partial charge in [-0.25, -0.2) is 8.42 Å². The number of Topliss-reactive ketones (excluding diaryl/α,β-unsaturated/α-hetero) is 1. The first-order chi connectivity index (χ1) is 8.46. The summed E-state index contributed by atoms with van der Waals surface area (Å²) in [5.74, 6) is 0.506. The minimum atomic E-state index is -2.90. The molecule has 4 nitrogen and oxygen atoms in total. The van der Waals surface area contributed by atoms with Crippen molar-refractivity contribution in [1.82, 2.24) is 4.90 Å². The number of carbonyl (C=O) groups is 1. The Morgan fingerprint density at radius 3 is 2.78 bits per heavy atom. The van der Waals surface area contributed by atoms with Gasteiger partial charge in [-0.05, 0) is 32.0 Å². The second kappa shape index (κ2) is 5.50. The summed E-state index contributed by atoms with van der Waals surface area (Å²) >= 11 is 1.49. The van der Waals surface area contributed by atoms with E-state index >= 15 is 0 Å². The Labute approximate surface area is 112 Å². The third-order valence-corrected chi connectivity index (χ3v) is 5.79. The van der Waals surface area contributed by atoms with Gasteiger partial charge in [-0.1, -0.05) is 0 Å². The molecule has 1 saturated heterocycles. The lowest BCUT2D eigenvalue weighted by atomic mass is 10.3. The molecule has 0 radical (unpaired) electrons. The van der Waals surface area contributed by atoms with Gasteiger partial charge in [0.1, 0.15) is 0 Å². The number of thiophene rings is 1. The Morgan fingerprint density at radius 1 is 1.33 bits per heavy atom. The Morgan fingerprint density at radius 2 is 2.11 bits per heavy atom. The number of ketones is 1. The normalized spacial score (nSPS) is 20.5. The van der Waals surface area contributed by atoms with Gasteiger partial charge in [-0.3, -0.25) is 9.69 Å². The number of hydrogen-bond donors (Lipinski definition) is 0. The van der Waals surface area contributed by atoms with Gasteiger partial charge in [0.15, 0.2) is 15.6 Å². The van der Waals surface area contributed by atoms with Crippen LogP contribution in [0.15, 0.2) is 12.1 Å². The van der Waals surface area contributed by atoms with Crippen LogP contribution >= 0.6 is 11.3 Å². The number of sulfone groups is 1. The van der Waals surface area contributed by atoms with Crippen molar-refractivity contribution in [2.75, 3.05) is 31.1 Å². The highest BCUT2D eigenvalue weighted by Crippen LogP contribution is 2.16. The van der Waals surface area contributed by atoms with E-state index in [2.05, 4.69) is 0 Å². The second-order valence-electron chi connectivity index (χ2n) is 4.61. The van der Waals surface area contributed by atoms with Crippen molar-refractivity contribution in [1.29, 1.82) is 0 Å². The summed E-state index contributed by atoms with van der Waals surface area (Å²) in [6.07, 6.45) is 0.624. The van der Waals surface area contributed by atoms with Crippen molar-refractivity contribution in [3.8, 4) is 0 Å². The van der Waals surface area contributed by atoms with Crippen LogP contribution in [0.2, 0.25) is 0 Å². The molecule has 18 heavy (non-hydrogen) atoms. The smallest absolute Gasteiger partial charge is 0.186 e. The minimum absolute atomic E-state index is 0.0902. The van der Waals surface area contributed by atoms with Crippen LogP contribution in [-0.2, 0) is 9.84 Å². The van der Waals surface area contributed by atoms with E-state index in [1.54, 1.807) is 0 Å². The molecule has 1 aliphatic heterocycles. The number of nitrogens with zero attached hydrogens (tertiary/aromatic N) is 1. The fraction of sp³-hybridized carbons (Fsp3) is 0.583. The first kappa shape index (κ1) is 13.7. The average molecular weight is 287 g/mol. The largest absolute Gasteiger partial charge is 0.295 e. The predicted octanol–water partition coefficient (Wildman–Crippen LogP) is 1.36. The molecule has 0 bridgehead atoms. The van der Waals surface area contributed by atoms with E-state index < -0.39 is 9.84 Å². The zero-order valence-corrected chi connectivity index (χ0v) is 12.0. The summed E-state index contributed by atoms with van der Waals surface area (Å²) in [5.41, 5.74) is 0. The molecule has 1 aromatic rings. The predicted molar refractivity (Wildman–Crippen MR) is 73.1 cm³/mol. The maximum atomic E-state index is 12.0. The molecule has 2 heterocycles. The lowest BCUT2D eigenvalue weighted by Crippen LogP contribution is -2.32. The Bertz CT molecular complexity index is 533. The highest BCUT2D eigenvalue weighted by Gasteiger charge is 2.21. The molecule has 0 N–H and O–H groups in total. The Balaban J connectivity index is 1.95. The first-order valence-electron chi connectivity index (χ1n) is 5.99. The molecule has 1 aliphatic rings. The van der Waals surface area contributed by atoms with Crippen LogP contribution in [0, 0.1) is 6.92 Å². The van der Waals surface area contributed by atoms with Crippen LogP contribution in [0.25, 0.3) is 0 Å². The van der Waals surface area contributed by atoms with Crippen molar-refractivity contribution in [2.24, 2.45) is 0 Å². The van der Waals surface area contributed by atoms with Gasteiger partial charge in [0.2, 0.25) is 0 Å². The van der Waals surface area contributed by atoms with Gasteiger partial charge in [0.25, 0.3) is 0 Å². The summed E-state index contributed by atoms with van der Waals surface area (Å²) in [6, 6.07) is 3.78. The highest BCUT2D eigenvalue weighted by atomic mass is 32.2. The standard InChI is InChI=1S/C12H17NO3S2/c1-10-3-4-12(17-10)11(14)9-13-5-2-7-18(15,16)8-6-13/h3-4H,2,5-9H2,1H3. The molecule has 0 aromatic carbocycles. The summed E-state index contributed by atoms with van der Waals surface area (Å²) in [4.78, 5) is 15.9. The van der Waals surface area contributed by atoms with E-state index in [1.807, 2.05) is 24.0 Å². The summed E-state index contributed by atoms with van der Waals surface area (Å²) in [5, 5.41) is 0. The molecule has 0 amide bonds. The van der Waals surface area contributed by atoms with E-state index in [1.165, 1.54) is 11.3 Å². The summed E-state index contributed by atoms with van der Waals surface area (Å²) in [7, 11) is -2.90. The van der Waals surface area contributed by atoms with Crippen molar-refractivity contribution in [3.05, 3.63) is 21.9 Å². The van der Waals surface area contributed by atoms with E-state index in [0.29, 0.717) is 26.1 Å². The van der Waals surface area contributed by atoms with Crippen LogP contribution < -0.4 is 0 Å². The van der Waals surface area contributed by atoms with Crippen LogP contribution in [0.1, 0.15) is 21.0 Å². The molecule has 0 atom stereocenters. The van der Waals surface area contributed by atoms with E-state index in [9.17, 15) is 13.2 Å². The Hall–Kier alpha value is -0.720. The third kappa shape index (κ3) is 3.63. The molecule has 0 unspecified atom stereocenters. The number of rotatable bonds is 3. The molecule has 2 rings (SSSR count). The molecule has 1 aromatic heterocycles. The zero-order valence-electron chi connectivity index (χ0n) is 10.4. The van der Waals surface area contributed by atoms with Crippen LogP contribution in [0.5, 0.6) is 0 Å². The van der Waals surface area contributed by atoms with Crippen LogP contribution in [-0.4, -0.2) is 50.2 Å².